The lowest BCUT2D eigenvalue weighted by molar-refractivity contribution is -0.131. The summed E-state index contributed by atoms with van der Waals surface area (Å²) in [5, 5.41) is 11.5. The highest BCUT2D eigenvalue weighted by Crippen LogP contribution is 2.19. The number of likely N-dealkylation sites (N-methyl/N-ethyl adjacent to an activating group) is 1. The molecule has 1 aromatic rings. The molecule has 0 spiro atoms. The maximum Gasteiger partial charge on any atom is 0.246 e. The van der Waals surface area contributed by atoms with E-state index < -0.39 is 29.2 Å². The quantitative estimate of drug-likeness (QED) is 0.769. The Labute approximate surface area is 120 Å². The van der Waals surface area contributed by atoms with E-state index in [1.807, 2.05) is 0 Å². The van der Waals surface area contributed by atoms with Crippen molar-refractivity contribution >= 4 is 11.8 Å². The van der Waals surface area contributed by atoms with Gasteiger partial charge in [0.25, 0.3) is 0 Å². The highest BCUT2D eigenvalue weighted by atomic mass is 19.1. The van der Waals surface area contributed by atoms with E-state index in [1.165, 1.54) is 7.05 Å². The first-order valence-electron chi connectivity index (χ1n) is 6.16. The van der Waals surface area contributed by atoms with Crippen LogP contribution in [0.4, 0.5) is 8.78 Å². The van der Waals surface area contributed by atoms with Crippen LogP contribution in [0.3, 0.4) is 0 Å². The van der Waals surface area contributed by atoms with Crippen LogP contribution in [0.25, 0.3) is 0 Å². The van der Waals surface area contributed by atoms with Gasteiger partial charge >= 0.3 is 0 Å². The fraction of sp³-hybridized carbons (Fsp3) is 0.286. The van der Waals surface area contributed by atoms with E-state index >= 15 is 0 Å². The molecule has 0 heterocycles. The minimum atomic E-state index is -0.874. The average Bonchev–Trinajstić information content (AvgIpc) is 2.40. The largest absolute Gasteiger partial charge is 0.508 e. The zero-order valence-electron chi connectivity index (χ0n) is 11.5. The summed E-state index contributed by atoms with van der Waals surface area (Å²) < 4.78 is 26.8. The monoisotopic (exact) mass is 298 g/mol. The lowest BCUT2D eigenvalue weighted by Gasteiger charge is -2.14. The first-order valence-corrected chi connectivity index (χ1v) is 6.16. The number of halogens is 2. The fourth-order valence-electron chi connectivity index (χ4n) is 1.66. The number of amides is 2. The van der Waals surface area contributed by atoms with Gasteiger partial charge in [-0.3, -0.25) is 9.59 Å². The van der Waals surface area contributed by atoms with E-state index in [9.17, 15) is 18.4 Å². The predicted octanol–water partition coefficient (Wildman–Crippen LogP) is 0.973. The maximum atomic E-state index is 13.4. The third-order valence-corrected chi connectivity index (χ3v) is 2.75. The van der Waals surface area contributed by atoms with E-state index in [2.05, 4.69) is 11.9 Å². The summed E-state index contributed by atoms with van der Waals surface area (Å²) in [4.78, 5) is 23.8. The highest BCUT2D eigenvalue weighted by Gasteiger charge is 2.13. The van der Waals surface area contributed by atoms with E-state index in [-0.39, 0.29) is 25.1 Å². The third-order valence-electron chi connectivity index (χ3n) is 2.75. The Hall–Kier alpha value is -2.44. The molecule has 21 heavy (non-hydrogen) atoms. The minimum Gasteiger partial charge on any atom is -0.508 e. The molecule has 0 aromatic heterocycles. The second-order valence-corrected chi connectivity index (χ2v) is 4.39. The molecule has 0 saturated heterocycles. The molecular weight excluding hydrogens is 282 g/mol. The van der Waals surface area contributed by atoms with Crippen LogP contribution in [0.5, 0.6) is 5.75 Å². The molecule has 0 saturated carbocycles. The maximum absolute atomic E-state index is 13.4. The van der Waals surface area contributed by atoms with Crippen LogP contribution in [-0.2, 0) is 16.0 Å². The number of nitrogens with zero attached hydrogens (tertiary/aromatic N) is 1. The summed E-state index contributed by atoms with van der Waals surface area (Å²) in [6, 6.07) is 1.60. The molecule has 114 valence electrons. The Morgan fingerprint density at radius 2 is 1.95 bits per heavy atom. The summed E-state index contributed by atoms with van der Waals surface area (Å²) in [6.45, 7) is 3.12. The van der Waals surface area contributed by atoms with E-state index in [0.717, 1.165) is 23.1 Å². The standard InChI is InChI=1S/C14H16F2N2O3/c1-3-14(21)18(2)8-13(20)17-5-4-10-11(15)6-9(19)7-12(10)16/h3,6-7,19H,1,4-5,8H2,2H3,(H,17,20). The van der Waals surface area contributed by atoms with E-state index in [0.29, 0.717) is 0 Å². The van der Waals surface area contributed by atoms with Crippen LogP contribution in [0, 0.1) is 11.6 Å². The molecule has 0 aliphatic carbocycles. The molecule has 5 nitrogen and oxygen atoms in total. The lowest BCUT2D eigenvalue weighted by atomic mass is 10.1. The van der Waals surface area contributed by atoms with Crippen LogP contribution in [0.1, 0.15) is 5.56 Å². The highest BCUT2D eigenvalue weighted by molar-refractivity contribution is 5.90. The van der Waals surface area contributed by atoms with Crippen molar-refractivity contribution in [2.24, 2.45) is 0 Å². The van der Waals surface area contributed by atoms with Gasteiger partial charge in [0.2, 0.25) is 11.8 Å². The van der Waals surface area contributed by atoms with Gasteiger partial charge in [0.05, 0.1) is 6.54 Å². The molecule has 0 aliphatic heterocycles. The number of benzene rings is 1. The lowest BCUT2D eigenvalue weighted by Crippen LogP contribution is -2.38. The number of nitrogens with one attached hydrogen (secondary N) is 1. The van der Waals surface area contributed by atoms with E-state index in [4.69, 9.17) is 5.11 Å². The van der Waals surface area contributed by atoms with Gasteiger partial charge in [0, 0.05) is 31.3 Å². The normalized spacial score (nSPS) is 10.0. The van der Waals surface area contributed by atoms with Gasteiger partial charge in [-0.15, -0.1) is 0 Å². The van der Waals surface area contributed by atoms with Gasteiger partial charge in [-0.2, -0.15) is 0 Å². The van der Waals surface area contributed by atoms with Crippen LogP contribution < -0.4 is 5.32 Å². The second-order valence-electron chi connectivity index (χ2n) is 4.39. The Kier molecular flexibility index (Phi) is 5.83. The van der Waals surface area contributed by atoms with Crippen LogP contribution in [0.15, 0.2) is 24.8 Å². The smallest absolute Gasteiger partial charge is 0.246 e. The number of carbonyl (C=O) groups excluding carboxylic acids is 2. The van der Waals surface area contributed by atoms with Gasteiger partial charge in [0.15, 0.2) is 0 Å². The van der Waals surface area contributed by atoms with Gasteiger partial charge in [-0.1, -0.05) is 6.58 Å². The molecule has 0 unspecified atom stereocenters. The summed E-state index contributed by atoms with van der Waals surface area (Å²) in [5.41, 5.74) is -0.219. The first kappa shape index (κ1) is 16.6. The Morgan fingerprint density at radius 3 is 2.48 bits per heavy atom. The second kappa shape index (κ2) is 7.37. The van der Waals surface area contributed by atoms with Crippen molar-refractivity contribution < 1.29 is 23.5 Å². The van der Waals surface area contributed by atoms with Crippen LogP contribution in [0.2, 0.25) is 0 Å². The zero-order valence-corrected chi connectivity index (χ0v) is 11.5. The average molecular weight is 298 g/mol. The van der Waals surface area contributed by atoms with Crippen molar-refractivity contribution in [2.45, 2.75) is 6.42 Å². The number of phenolic OH excluding ortho intramolecular Hbond substituents is 1. The number of aromatic hydroxyl groups is 1. The fourth-order valence-corrected chi connectivity index (χ4v) is 1.66. The number of hydrogen-bond donors (Lipinski definition) is 2. The molecule has 7 heteroatoms. The number of carbonyl (C=O) groups is 2. The van der Waals surface area contributed by atoms with Crippen molar-refractivity contribution in [3.8, 4) is 5.75 Å². The van der Waals surface area contributed by atoms with E-state index in [1.54, 1.807) is 0 Å². The Bertz CT molecular complexity index is 538. The molecule has 0 radical (unpaired) electrons. The summed E-state index contributed by atoms with van der Waals surface area (Å²) >= 11 is 0. The molecule has 2 amide bonds. The van der Waals surface area contributed by atoms with Crippen LogP contribution >= 0.6 is 0 Å². The van der Waals surface area contributed by atoms with Crippen molar-refractivity contribution in [1.29, 1.82) is 0 Å². The third kappa shape index (κ3) is 4.87. The van der Waals surface area contributed by atoms with Crippen molar-refractivity contribution in [2.75, 3.05) is 20.1 Å². The molecular formula is C14H16F2N2O3. The molecule has 2 N–H and O–H groups in total. The Balaban J connectivity index is 2.49. The topological polar surface area (TPSA) is 69.6 Å². The van der Waals surface area contributed by atoms with Crippen LogP contribution in [-0.4, -0.2) is 42.0 Å². The molecule has 1 rings (SSSR count). The summed E-state index contributed by atoms with van der Waals surface area (Å²) in [6.07, 6.45) is 1.01. The summed E-state index contributed by atoms with van der Waals surface area (Å²) in [7, 11) is 1.43. The Morgan fingerprint density at radius 1 is 1.38 bits per heavy atom. The van der Waals surface area contributed by atoms with Gasteiger partial charge in [0.1, 0.15) is 17.4 Å². The number of phenols is 1. The molecule has 1 aromatic carbocycles. The summed E-state index contributed by atoms with van der Waals surface area (Å²) in [5.74, 6) is -3.10. The minimum absolute atomic E-state index is 0.00751. The predicted molar refractivity (Wildman–Crippen MR) is 72.6 cm³/mol. The molecule has 0 bridgehead atoms. The molecule has 0 fully saturated rings. The number of rotatable bonds is 6. The first-order chi connectivity index (χ1) is 9.85. The molecule has 0 aliphatic rings. The van der Waals surface area contributed by atoms with Gasteiger partial charge in [-0.05, 0) is 12.5 Å². The van der Waals surface area contributed by atoms with Crippen molar-refractivity contribution in [3.63, 3.8) is 0 Å². The number of hydrogen-bond acceptors (Lipinski definition) is 3. The van der Waals surface area contributed by atoms with Crippen molar-refractivity contribution in [1.82, 2.24) is 10.2 Å². The van der Waals surface area contributed by atoms with Crippen molar-refractivity contribution in [3.05, 3.63) is 42.0 Å². The van der Waals surface area contributed by atoms with Gasteiger partial charge < -0.3 is 15.3 Å². The van der Waals surface area contributed by atoms with Gasteiger partial charge in [-0.25, -0.2) is 8.78 Å². The molecule has 0 atom stereocenters. The zero-order chi connectivity index (χ0) is 16.0. The SMILES string of the molecule is C=CC(=O)N(C)CC(=O)NCCc1c(F)cc(O)cc1F.